The van der Waals surface area contributed by atoms with Crippen molar-refractivity contribution in [2.75, 3.05) is 0 Å². The lowest BCUT2D eigenvalue weighted by molar-refractivity contribution is -0.102. The first-order valence-corrected chi connectivity index (χ1v) is 4.48. The van der Waals surface area contributed by atoms with Gasteiger partial charge in [-0.25, -0.2) is 0 Å². The summed E-state index contributed by atoms with van der Waals surface area (Å²) < 4.78 is 0. The van der Waals surface area contributed by atoms with Crippen molar-refractivity contribution in [3.8, 4) is 0 Å². The van der Waals surface area contributed by atoms with Crippen molar-refractivity contribution in [1.29, 1.82) is 5.41 Å². The summed E-state index contributed by atoms with van der Waals surface area (Å²) in [7, 11) is 0. The quantitative estimate of drug-likeness (QED) is 0.501. The maximum Gasteiger partial charge on any atom is 0.168 e. The Hall–Kier alpha value is -1.12. The smallest absolute Gasteiger partial charge is 0.168 e. The van der Waals surface area contributed by atoms with Gasteiger partial charge in [0.2, 0.25) is 0 Å². The first-order chi connectivity index (χ1) is 5.96. The highest BCUT2D eigenvalue weighted by Crippen LogP contribution is 2.36. The largest absolute Gasteiger partial charge is 0.402 e. The summed E-state index contributed by atoms with van der Waals surface area (Å²) >= 11 is 0. The van der Waals surface area contributed by atoms with Crippen LogP contribution in [0.25, 0.3) is 0 Å². The van der Waals surface area contributed by atoms with Crippen LogP contribution in [-0.4, -0.2) is 12.0 Å². The normalized spacial score (nSPS) is 21.4. The summed E-state index contributed by atoms with van der Waals surface area (Å²) in [6.45, 7) is 4.31. The Morgan fingerprint density at radius 2 is 2.23 bits per heavy atom. The highest BCUT2D eigenvalue weighted by Gasteiger charge is 2.26. The second kappa shape index (κ2) is 3.32. The zero-order chi connectivity index (χ0) is 10.1. The second-order valence-corrected chi connectivity index (χ2v) is 4.38. The number of carbonyl (C=O) groups excluding carboxylic acids is 1. The van der Waals surface area contributed by atoms with Crippen molar-refractivity contribution in [3.05, 3.63) is 11.3 Å². The number of nitrogens with one attached hydrogen (secondary N) is 1. The molecule has 3 nitrogen and oxygen atoms in total. The van der Waals surface area contributed by atoms with Crippen LogP contribution < -0.4 is 5.73 Å². The van der Waals surface area contributed by atoms with Gasteiger partial charge in [-0.1, -0.05) is 13.8 Å². The van der Waals surface area contributed by atoms with Gasteiger partial charge in [-0.05, 0) is 30.3 Å². The van der Waals surface area contributed by atoms with Gasteiger partial charge in [0.25, 0.3) is 0 Å². The number of hydrogen-bond donors (Lipinski definition) is 2. The summed E-state index contributed by atoms with van der Waals surface area (Å²) in [5, 5.41) is 7.39. The zero-order valence-electron chi connectivity index (χ0n) is 8.18. The van der Waals surface area contributed by atoms with Crippen LogP contribution in [0.5, 0.6) is 0 Å². The van der Waals surface area contributed by atoms with Crippen LogP contribution in [0.1, 0.15) is 33.1 Å². The van der Waals surface area contributed by atoms with Crippen molar-refractivity contribution in [2.45, 2.75) is 33.1 Å². The summed E-state index contributed by atoms with van der Waals surface area (Å²) in [5.41, 5.74) is 7.54. The summed E-state index contributed by atoms with van der Waals surface area (Å²) in [4.78, 5) is 10.4. The van der Waals surface area contributed by atoms with Crippen molar-refractivity contribution in [2.24, 2.45) is 11.1 Å². The van der Waals surface area contributed by atoms with Gasteiger partial charge in [0.15, 0.2) is 6.29 Å². The van der Waals surface area contributed by atoms with Crippen molar-refractivity contribution in [3.63, 3.8) is 0 Å². The maximum atomic E-state index is 10.4. The second-order valence-electron chi connectivity index (χ2n) is 4.38. The third-order valence-electron chi connectivity index (χ3n) is 2.55. The molecule has 0 aromatic rings. The summed E-state index contributed by atoms with van der Waals surface area (Å²) in [5.74, 6) is 0. The van der Waals surface area contributed by atoms with E-state index in [1.807, 2.05) is 0 Å². The molecule has 1 aliphatic carbocycles. The van der Waals surface area contributed by atoms with Crippen LogP contribution in [0, 0.1) is 10.8 Å². The molecule has 13 heavy (non-hydrogen) atoms. The fourth-order valence-corrected chi connectivity index (χ4v) is 1.71. The van der Waals surface area contributed by atoms with E-state index in [0.29, 0.717) is 12.0 Å². The molecule has 0 aromatic carbocycles. The van der Waals surface area contributed by atoms with E-state index in [1.54, 1.807) is 0 Å². The van der Waals surface area contributed by atoms with Gasteiger partial charge >= 0.3 is 0 Å². The minimum absolute atomic E-state index is 0.0491. The Kier molecular flexibility index (Phi) is 2.55. The lowest BCUT2D eigenvalue weighted by Crippen LogP contribution is -2.25. The topological polar surface area (TPSA) is 66.9 Å². The van der Waals surface area contributed by atoms with Crippen molar-refractivity contribution < 1.29 is 4.79 Å². The predicted molar refractivity (Wildman–Crippen MR) is 52.6 cm³/mol. The van der Waals surface area contributed by atoms with Crippen LogP contribution in [0.15, 0.2) is 11.3 Å². The van der Waals surface area contributed by atoms with E-state index in [2.05, 4.69) is 13.8 Å². The molecule has 72 valence electrons. The molecule has 1 rings (SSSR count). The molecule has 0 fully saturated rings. The molecular formula is C10H16N2O. The van der Waals surface area contributed by atoms with Gasteiger partial charge in [0.05, 0.1) is 5.71 Å². The Morgan fingerprint density at radius 1 is 1.62 bits per heavy atom. The Balaban J connectivity index is 2.88. The van der Waals surface area contributed by atoms with Gasteiger partial charge in [-0.3, -0.25) is 10.2 Å². The average Bonchev–Trinajstić information content (AvgIpc) is 2.01. The Labute approximate surface area is 78.5 Å². The molecule has 0 aliphatic heterocycles. The van der Waals surface area contributed by atoms with Gasteiger partial charge in [0.1, 0.15) is 0 Å². The minimum Gasteiger partial charge on any atom is -0.402 e. The molecular weight excluding hydrogens is 164 g/mol. The van der Waals surface area contributed by atoms with Crippen molar-refractivity contribution >= 4 is 12.0 Å². The molecule has 0 saturated heterocycles. The van der Waals surface area contributed by atoms with E-state index in [9.17, 15) is 4.79 Å². The van der Waals surface area contributed by atoms with E-state index in [1.165, 1.54) is 0 Å². The molecule has 0 amide bonds. The molecule has 0 atom stereocenters. The highest BCUT2D eigenvalue weighted by molar-refractivity contribution is 6.34. The monoisotopic (exact) mass is 180 g/mol. The minimum atomic E-state index is 0.0491. The number of carbonyl (C=O) groups is 1. The van der Waals surface area contributed by atoms with Crippen molar-refractivity contribution in [1.82, 2.24) is 0 Å². The van der Waals surface area contributed by atoms with E-state index in [4.69, 9.17) is 11.1 Å². The van der Waals surface area contributed by atoms with Crippen LogP contribution in [-0.2, 0) is 4.79 Å². The lowest BCUT2D eigenvalue weighted by atomic mass is 9.76. The zero-order valence-corrected chi connectivity index (χ0v) is 8.18. The van der Waals surface area contributed by atoms with Gasteiger partial charge in [-0.2, -0.15) is 0 Å². The SMILES string of the molecule is CC1(C)CCC(C(=N)C=O)=C(N)C1. The van der Waals surface area contributed by atoms with E-state index < -0.39 is 0 Å². The molecule has 0 bridgehead atoms. The highest BCUT2D eigenvalue weighted by atomic mass is 16.1. The summed E-state index contributed by atoms with van der Waals surface area (Å²) in [6.07, 6.45) is 3.12. The first kappa shape index (κ1) is 9.96. The molecule has 0 heterocycles. The van der Waals surface area contributed by atoms with Crippen LogP contribution >= 0.6 is 0 Å². The van der Waals surface area contributed by atoms with Gasteiger partial charge in [-0.15, -0.1) is 0 Å². The van der Waals surface area contributed by atoms with E-state index in [0.717, 1.165) is 24.8 Å². The molecule has 0 saturated carbocycles. The predicted octanol–water partition coefficient (Wildman–Crippen LogP) is 1.63. The first-order valence-electron chi connectivity index (χ1n) is 4.48. The van der Waals surface area contributed by atoms with Crippen LogP contribution in [0.3, 0.4) is 0 Å². The molecule has 0 aromatic heterocycles. The standard InChI is InChI=1S/C10H16N2O/c1-10(2)4-3-7(8(11)5-10)9(12)6-13/h6,12H,3-5,11H2,1-2H3. The molecule has 3 heteroatoms. The fourth-order valence-electron chi connectivity index (χ4n) is 1.71. The Morgan fingerprint density at radius 3 is 2.69 bits per heavy atom. The molecule has 0 spiro atoms. The van der Waals surface area contributed by atoms with Gasteiger partial charge < -0.3 is 5.73 Å². The third kappa shape index (κ3) is 2.17. The van der Waals surface area contributed by atoms with E-state index in [-0.39, 0.29) is 11.1 Å². The third-order valence-corrected chi connectivity index (χ3v) is 2.55. The number of aldehydes is 1. The molecule has 3 N–H and O–H groups in total. The maximum absolute atomic E-state index is 10.4. The molecule has 0 unspecified atom stereocenters. The van der Waals surface area contributed by atoms with E-state index >= 15 is 0 Å². The number of hydrogen-bond acceptors (Lipinski definition) is 3. The van der Waals surface area contributed by atoms with Gasteiger partial charge in [0, 0.05) is 5.70 Å². The number of rotatable bonds is 2. The lowest BCUT2D eigenvalue weighted by Gasteiger charge is -2.31. The summed E-state index contributed by atoms with van der Waals surface area (Å²) in [6, 6.07) is 0. The molecule has 1 aliphatic rings. The molecule has 0 radical (unpaired) electrons. The number of allylic oxidation sites excluding steroid dienone is 2. The average molecular weight is 180 g/mol. The van der Waals surface area contributed by atoms with Crippen LogP contribution in [0.2, 0.25) is 0 Å². The van der Waals surface area contributed by atoms with Crippen LogP contribution in [0.4, 0.5) is 0 Å². The Bertz CT molecular complexity index is 277. The number of nitrogens with two attached hydrogens (primary N) is 1. The fraction of sp³-hybridized carbons (Fsp3) is 0.600.